The van der Waals surface area contributed by atoms with Gasteiger partial charge in [0.2, 0.25) is 0 Å². The fraction of sp³-hybridized carbons (Fsp3) is 0.348. The van der Waals surface area contributed by atoms with E-state index in [0.29, 0.717) is 18.7 Å². The number of piperidine rings is 1. The maximum atomic E-state index is 13.5. The zero-order valence-corrected chi connectivity index (χ0v) is 16.6. The SMILES string of the molecule is Cc1ccc2nc(-c3cccnc3)cc(C(=O)N3CCC(N)C(C)(C)C3)c2c1. The number of carbonyl (C=O) groups is 1. The number of likely N-dealkylation sites (tertiary alicyclic amines) is 1. The Labute approximate surface area is 165 Å². The van der Waals surface area contributed by atoms with E-state index in [4.69, 9.17) is 10.7 Å². The van der Waals surface area contributed by atoms with Gasteiger partial charge >= 0.3 is 0 Å². The number of nitrogens with two attached hydrogens (primary N) is 1. The molecule has 1 aliphatic rings. The number of pyridine rings is 2. The molecule has 0 bridgehead atoms. The Morgan fingerprint density at radius 2 is 2.07 bits per heavy atom. The quantitative estimate of drug-likeness (QED) is 0.740. The summed E-state index contributed by atoms with van der Waals surface area (Å²) in [5, 5.41) is 0.894. The highest BCUT2D eigenvalue weighted by Gasteiger charge is 2.36. The summed E-state index contributed by atoms with van der Waals surface area (Å²) in [6.07, 6.45) is 4.33. The number of aromatic nitrogens is 2. The zero-order chi connectivity index (χ0) is 19.9. The van der Waals surface area contributed by atoms with Crippen LogP contribution in [0.5, 0.6) is 0 Å². The molecule has 2 aromatic heterocycles. The van der Waals surface area contributed by atoms with Gasteiger partial charge < -0.3 is 10.6 Å². The van der Waals surface area contributed by atoms with Crippen LogP contribution in [0.15, 0.2) is 48.8 Å². The van der Waals surface area contributed by atoms with Gasteiger partial charge in [-0.3, -0.25) is 9.78 Å². The van der Waals surface area contributed by atoms with Gasteiger partial charge in [0.25, 0.3) is 5.91 Å². The first-order valence-electron chi connectivity index (χ1n) is 9.72. The van der Waals surface area contributed by atoms with Crippen LogP contribution in [0.1, 0.15) is 36.2 Å². The molecular formula is C23H26N4O. The number of carbonyl (C=O) groups excluding carboxylic acids is 1. The van der Waals surface area contributed by atoms with E-state index < -0.39 is 0 Å². The predicted octanol–water partition coefficient (Wildman–Crippen LogP) is 3.80. The van der Waals surface area contributed by atoms with Gasteiger partial charge in [0.05, 0.1) is 16.8 Å². The fourth-order valence-corrected chi connectivity index (χ4v) is 3.90. The first-order chi connectivity index (χ1) is 13.3. The average Bonchev–Trinajstić information content (AvgIpc) is 2.69. The molecule has 1 aliphatic heterocycles. The van der Waals surface area contributed by atoms with E-state index in [0.717, 1.165) is 34.1 Å². The second-order valence-corrected chi connectivity index (χ2v) is 8.43. The largest absolute Gasteiger partial charge is 0.338 e. The normalized spacial score (nSPS) is 19.0. The van der Waals surface area contributed by atoms with Crippen LogP contribution in [-0.2, 0) is 0 Å². The van der Waals surface area contributed by atoms with Gasteiger partial charge in [-0.2, -0.15) is 0 Å². The van der Waals surface area contributed by atoms with E-state index in [1.165, 1.54) is 0 Å². The highest BCUT2D eigenvalue weighted by atomic mass is 16.2. The van der Waals surface area contributed by atoms with Crippen LogP contribution < -0.4 is 5.73 Å². The van der Waals surface area contributed by atoms with Gasteiger partial charge in [0.15, 0.2) is 0 Å². The lowest BCUT2D eigenvalue weighted by Crippen LogP contribution is -2.54. The number of aryl methyl sites for hydroxylation is 1. The molecule has 0 spiro atoms. The second-order valence-electron chi connectivity index (χ2n) is 8.43. The highest BCUT2D eigenvalue weighted by molar-refractivity contribution is 6.07. The van der Waals surface area contributed by atoms with Crippen molar-refractivity contribution >= 4 is 16.8 Å². The first-order valence-corrected chi connectivity index (χ1v) is 9.72. The smallest absolute Gasteiger partial charge is 0.254 e. The molecule has 0 radical (unpaired) electrons. The summed E-state index contributed by atoms with van der Waals surface area (Å²) in [5.74, 6) is 0.0446. The van der Waals surface area contributed by atoms with Gasteiger partial charge in [-0.25, -0.2) is 4.98 Å². The molecule has 28 heavy (non-hydrogen) atoms. The van der Waals surface area contributed by atoms with E-state index >= 15 is 0 Å². The number of benzene rings is 1. The topological polar surface area (TPSA) is 72.1 Å². The lowest BCUT2D eigenvalue weighted by molar-refractivity contribution is 0.0535. The summed E-state index contributed by atoms with van der Waals surface area (Å²) >= 11 is 0. The first kappa shape index (κ1) is 18.6. The lowest BCUT2D eigenvalue weighted by Gasteiger charge is -2.42. The Balaban J connectivity index is 1.82. The van der Waals surface area contributed by atoms with Crippen LogP contribution in [0.25, 0.3) is 22.2 Å². The van der Waals surface area contributed by atoms with Gasteiger partial charge in [0, 0.05) is 42.5 Å². The third-order valence-electron chi connectivity index (χ3n) is 5.75. The van der Waals surface area contributed by atoms with Crippen LogP contribution >= 0.6 is 0 Å². The van der Waals surface area contributed by atoms with Crippen molar-refractivity contribution < 1.29 is 4.79 Å². The molecule has 1 amide bonds. The number of rotatable bonds is 2. The molecule has 1 saturated heterocycles. The summed E-state index contributed by atoms with van der Waals surface area (Å²) in [5.41, 5.74) is 10.5. The third kappa shape index (κ3) is 3.38. The van der Waals surface area contributed by atoms with Crippen molar-refractivity contribution in [2.75, 3.05) is 13.1 Å². The monoisotopic (exact) mass is 374 g/mol. The molecule has 0 saturated carbocycles. The van der Waals surface area contributed by atoms with Crippen LogP contribution in [0.3, 0.4) is 0 Å². The molecule has 1 fully saturated rings. The number of amides is 1. The fourth-order valence-electron chi connectivity index (χ4n) is 3.90. The summed E-state index contributed by atoms with van der Waals surface area (Å²) < 4.78 is 0. The molecule has 2 N–H and O–H groups in total. The standard InChI is InChI=1S/C23H26N4O/c1-15-6-7-19-17(11-15)18(12-20(26-19)16-5-4-9-25-13-16)22(28)27-10-8-21(24)23(2,3)14-27/h4-7,9,11-13,21H,8,10,14,24H2,1-3H3. The van der Waals surface area contributed by atoms with Crippen LogP contribution in [0.2, 0.25) is 0 Å². The second kappa shape index (κ2) is 6.99. The average molecular weight is 374 g/mol. The zero-order valence-electron chi connectivity index (χ0n) is 16.6. The molecule has 4 rings (SSSR count). The number of hydrogen-bond donors (Lipinski definition) is 1. The Hall–Kier alpha value is -2.79. The van der Waals surface area contributed by atoms with Crippen molar-refractivity contribution in [2.24, 2.45) is 11.1 Å². The molecule has 144 valence electrons. The molecule has 5 heteroatoms. The number of nitrogens with zero attached hydrogens (tertiary/aromatic N) is 3. The molecule has 1 unspecified atom stereocenters. The van der Waals surface area contributed by atoms with E-state index in [9.17, 15) is 4.79 Å². The molecule has 1 aromatic carbocycles. The van der Waals surface area contributed by atoms with Crippen LogP contribution in [0, 0.1) is 12.3 Å². The Morgan fingerprint density at radius 3 is 2.79 bits per heavy atom. The molecule has 1 atom stereocenters. The molecule has 3 heterocycles. The van der Waals surface area contributed by atoms with Crippen molar-refractivity contribution in [2.45, 2.75) is 33.2 Å². The maximum Gasteiger partial charge on any atom is 0.254 e. The van der Waals surface area contributed by atoms with E-state index in [1.807, 2.05) is 48.2 Å². The molecule has 3 aromatic rings. The summed E-state index contributed by atoms with van der Waals surface area (Å²) in [6.45, 7) is 7.64. The van der Waals surface area contributed by atoms with E-state index in [2.05, 4.69) is 18.8 Å². The summed E-state index contributed by atoms with van der Waals surface area (Å²) in [6, 6.07) is 11.9. The number of hydrogen-bond acceptors (Lipinski definition) is 4. The van der Waals surface area contributed by atoms with Crippen molar-refractivity contribution in [3.05, 3.63) is 59.9 Å². The minimum Gasteiger partial charge on any atom is -0.338 e. The van der Waals surface area contributed by atoms with Crippen LogP contribution in [-0.4, -0.2) is 39.9 Å². The maximum absolute atomic E-state index is 13.5. The van der Waals surface area contributed by atoms with Crippen molar-refractivity contribution in [3.63, 3.8) is 0 Å². The van der Waals surface area contributed by atoms with E-state index in [1.54, 1.807) is 12.4 Å². The summed E-state index contributed by atoms with van der Waals surface area (Å²) in [4.78, 5) is 24.5. The van der Waals surface area contributed by atoms with Gasteiger partial charge in [-0.15, -0.1) is 0 Å². The summed E-state index contributed by atoms with van der Waals surface area (Å²) in [7, 11) is 0. The minimum absolute atomic E-state index is 0.0446. The Kier molecular flexibility index (Phi) is 4.63. The lowest BCUT2D eigenvalue weighted by atomic mass is 9.79. The predicted molar refractivity (Wildman–Crippen MR) is 112 cm³/mol. The Bertz CT molecular complexity index is 1030. The van der Waals surface area contributed by atoms with Crippen LogP contribution in [0.4, 0.5) is 0 Å². The van der Waals surface area contributed by atoms with Crippen molar-refractivity contribution in [1.29, 1.82) is 0 Å². The molecule has 0 aliphatic carbocycles. The molecular weight excluding hydrogens is 348 g/mol. The molecule has 5 nitrogen and oxygen atoms in total. The van der Waals surface area contributed by atoms with Gasteiger partial charge in [-0.05, 0) is 49.1 Å². The van der Waals surface area contributed by atoms with Gasteiger partial charge in [-0.1, -0.05) is 25.5 Å². The van der Waals surface area contributed by atoms with Gasteiger partial charge in [0.1, 0.15) is 0 Å². The number of fused-ring (bicyclic) bond motifs is 1. The van der Waals surface area contributed by atoms with E-state index in [-0.39, 0.29) is 17.4 Å². The van der Waals surface area contributed by atoms with Crippen molar-refractivity contribution in [3.8, 4) is 11.3 Å². The minimum atomic E-state index is -0.0984. The third-order valence-corrected chi connectivity index (χ3v) is 5.75. The highest BCUT2D eigenvalue weighted by Crippen LogP contribution is 2.31. The Morgan fingerprint density at radius 1 is 1.25 bits per heavy atom. The van der Waals surface area contributed by atoms with Crippen molar-refractivity contribution in [1.82, 2.24) is 14.9 Å².